The minimum Gasteiger partial charge on any atom is -0.394 e. The third-order valence-electron chi connectivity index (χ3n) is 4.57. The van der Waals surface area contributed by atoms with Crippen LogP contribution in [-0.2, 0) is 6.42 Å². The number of carbonyl (C=O) groups excluding carboxylic acids is 1. The zero-order chi connectivity index (χ0) is 14.0. The van der Waals surface area contributed by atoms with Gasteiger partial charge in [0, 0.05) is 17.8 Å². The molecule has 2 aliphatic rings. The largest absolute Gasteiger partial charge is 0.394 e. The van der Waals surface area contributed by atoms with Crippen LogP contribution >= 0.6 is 0 Å². The summed E-state index contributed by atoms with van der Waals surface area (Å²) in [5.41, 5.74) is 2.63. The van der Waals surface area contributed by atoms with Gasteiger partial charge < -0.3 is 15.7 Å². The molecule has 0 radical (unpaired) electrons. The second-order valence-electron chi connectivity index (χ2n) is 6.00. The van der Waals surface area contributed by atoms with Crippen molar-refractivity contribution < 1.29 is 9.90 Å². The summed E-state index contributed by atoms with van der Waals surface area (Å²) in [4.78, 5) is 12.4. The maximum absolute atomic E-state index is 12.4. The van der Waals surface area contributed by atoms with Crippen molar-refractivity contribution in [3.05, 3.63) is 29.3 Å². The fourth-order valence-electron chi connectivity index (χ4n) is 3.31. The van der Waals surface area contributed by atoms with Gasteiger partial charge in [-0.2, -0.15) is 0 Å². The Bertz CT molecular complexity index is 507. The summed E-state index contributed by atoms with van der Waals surface area (Å²) in [6, 6.07) is 5.81. The lowest BCUT2D eigenvalue weighted by atomic mass is 9.82. The molecule has 0 atom stereocenters. The first-order valence-electron chi connectivity index (χ1n) is 7.53. The van der Waals surface area contributed by atoms with Crippen LogP contribution < -0.4 is 10.6 Å². The smallest absolute Gasteiger partial charge is 0.251 e. The first-order valence-corrected chi connectivity index (χ1v) is 7.53. The normalized spacial score (nSPS) is 20.1. The molecule has 1 aliphatic carbocycles. The van der Waals surface area contributed by atoms with Crippen LogP contribution in [0.4, 0.5) is 5.69 Å². The number of rotatable bonds is 3. The molecule has 1 saturated carbocycles. The molecule has 4 heteroatoms. The molecule has 1 aliphatic heterocycles. The van der Waals surface area contributed by atoms with E-state index in [0.29, 0.717) is 5.56 Å². The summed E-state index contributed by atoms with van der Waals surface area (Å²) in [6.07, 6.45) is 6.08. The fraction of sp³-hybridized carbons (Fsp3) is 0.562. The number of aliphatic hydroxyl groups is 1. The molecule has 1 aromatic rings. The Balaban J connectivity index is 1.75. The summed E-state index contributed by atoms with van der Waals surface area (Å²) in [6.45, 7) is 0.978. The van der Waals surface area contributed by atoms with E-state index in [-0.39, 0.29) is 12.5 Å². The quantitative estimate of drug-likeness (QED) is 0.791. The fourth-order valence-corrected chi connectivity index (χ4v) is 3.31. The zero-order valence-electron chi connectivity index (χ0n) is 11.7. The Kier molecular flexibility index (Phi) is 3.66. The average molecular weight is 274 g/mol. The van der Waals surface area contributed by atoms with Gasteiger partial charge in [0.2, 0.25) is 0 Å². The van der Waals surface area contributed by atoms with Gasteiger partial charge >= 0.3 is 0 Å². The maximum Gasteiger partial charge on any atom is 0.251 e. The van der Waals surface area contributed by atoms with E-state index in [4.69, 9.17) is 0 Å². The molecule has 3 N–H and O–H groups in total. The van der Waals surface area contributed by atoms with Crippen LogP contribution in [-0.4, -0.2) is 29.7 Å². The highest BCUT2D eigenvalue weighted by atomic mass is 16.3. The van der Waals surface area contributed by atoms with Crippen LogP contribution in [0.15, 0.2) is 18.2 Å². The lowest BCUT2D eigenvalue weighted by molar-refractivity contribution is 0.0758. The van der Waals surface area contributed by atoms with Gasteiger partial charge in [-0.05, 0) is 43.0 Å². The highest BCUT2D eigenvalue weighted by molar-refractivity contribution is 5.95. The number of anilines is 1. The van der Waals surface area contributed by atoms with Crippen LogP contribution in [0, 0.1) is 0 Å². The Morgan fingerprint density at radius 3 is 2.85 bits per heavy atom. The lowest BCUT2D eigenvalue weighted by Crippen LogP contribution is -2.52. The first kappa shape index (κ1) is 13.4. The van der Waals surface area contributed by atoms with Gasteiger partial charge in [-0.3, -0.25) is 4.79 Å². The molecule has 1 fully saturated rings. The second-order valence-corrected chi connectivity index (χ2v) is 6.00. The Morgan fingerprint density at radius 2 is 2.10 bits per heavy atom. The van der Waals surface area contributed by atoms with Crippen molar-refractivity contribution in [3.8, 4) is 0 Å². The van der Waals surface area contributed by atoms with Gasteiger partial charge in [0.15, 0.2) is 0 Å². The van der Waals surface area contributed by atoms with Gasteiger partial charge in [-0.25, -0.2) is 0 Å². The number of amides is 1. The van der Waals surface area contributed by atoms with Crippen molar-refractivity contribution in [3.63, 3.8) is 0 Å². The predicted octanol–water partition coefficient (Wildman–Crippen LogP) is 2.08. The molecule has 4 nitrogen and oxygen atoms in total. The van der Waals surface area contributed by atoms with Gasteiger partial charge in [0.05, 0.1) is 12.1 Å². The summed E-state index contributed by atoms with van der Waals surface area (Å²) < 4.78 is 0. The number of carbonyl (C=O) groups is 1. The van der Waals surface area contributed by atoms with Crippen molar-refractivity contribution in [1.29, 1.82) is 0 Å². The van der Waals surface area contributed by atoms with Crippen LogP contribution in [0.2, 0.25) is 0 Å². The topological polar surface area (TPSA) is 61.4 Å². The van der Waals surface area contributed by atoms with Crippen LogP contribution in [0.25, 0.3) is 0 Å². The summed E-state index contributed by atoms with van der Waals surface area (Å²) in [7, 11) is 0. The van der Waals surface area contributed by atoms with E-state index in [1.54, 1.807) is 0 Å². The Morgan fingerprint density at radius 1 is 1.30 bits per heavy atom. The van der Waals surface area contributed by atoms with Crippen LogP contribution in [0.3, 0.4) is 0 Å². The van der Waals surface area contributed by atoms with E-state index in [0.717, 1.165) is 44.3 Å². The third kappa shape index (κ3) is 2.52. The number of hydrogen-bond acceptors (Lipinski definition) is 3. The van der Waals surface area contributed by atoms with Crippen molar-refractivity contribution in [2.75, 3.05) is 18.5 Å². The number of benzene rings is 1. The minimum absolute atomic E-state index is 0.0330. The van der Waals surface area contributed by atoms with Crippen molar-refractivity contribution in [1.82, 2.24) is 5.32 Å². The Hall–Kier alpha value is -1.55. The predicted molar refractivity (Wildman–Crippen MR) is 79.0 cm³/mol. The molecule has 1 amide bonds. The molecule has 1 aromatic carbocycles. The molecule has 3 rings (SSSR count). The molecule has 0 unspecified atom stereocenters. The molecule has 0 spiro atoms. The standard InChI is InChI=1S/C16H22N2O2/c19-11-16(7-2-1-3-8-16)18-15(20)13-4-5-14-12(10-13)6-9-17-14/h4-5,10,17,19H,1-3,6-9,11H2,(H,18,20). The van der Waals surface area contributed by atoms with E-state index in [2.05, 4.69) is 10.6 Å². The summed E-state index contributed by atoms with van der Waals surface area (Å²) in [5.74, 6) is -0.0596. The molecule has 0 aromatic heterocycles. The van der Waals surface area contributed by atoms with Gasteiger partial charge in [0.1, 0.15) is 0 Å². The SMILES string of the molecule is O=C(NC1(CO)CCCCC1)c1ccc2c(c1)CCN2. The number of fused-ring (bicyclic) bond motifs is 1. The first-order chi connectivity index (χ1) is 9.72. The second kappa shape index (κ2) is 5.44. The Labute approximate surface area is 119 Å². The van der Waals surface area contributed by atoms with E-state index in [9.17, 15) is 9.90 Å². The van der Waals surface area contributed by atoms with Gasteiger partial charge in [0.25, 0.3) is 5.91 Å². The highest BCUT2D eigenvalue weighted by Gasteiger charge is 2.33. The molecule has 108 valence electrons. The van der Waals surface area contributed by atoms with E-state index in [1.165, 1.54) is 12.0 Å². The summed E-state index contributed by atoms with van der Waals surface area (Å²) in [5, 5.41) is 16.0. The summed E-state index contributed by atoms with van der Waals surface area (Å²) >= 11 is 0. The molecular weight excluding hydrogens is 252 g/mol. The van der Waals surface area contributed by atoms with Crippen molar-refractivity contribution in [2.24, 2.45) is 0 Å². The maximum atomic E-state index is 12.4. The number of hydrogen-bond donors (Lipinski definition) is 3. The van der Waals surface area contributed by atoms with Crippen LogP contribution in [0.5, 0.6) is 0 Å². The van der Waals surface area contributed by atoms with E-state index >= 15 is 0 Å². The van der Waals surface area contributed by atoms with Gasteiger partial charge in [-0.15, -0.1) is 0 Å². The number of aliphatic hydroxyl groups excluding tert-OH is 1. The highest BCUT2D eigenvalue weighted by Crippen LogP contribution is 2.29. The average Bonchev–Trinajstić information content (AvgIpc) is 2.95. The lowest BCUT2D eigenvalue weighted by Gasteiger charge is -2.36. The van der Waals surface area contributed by atoms with E-state index in [1.807, 2.05) is 18.2 Å². The third-order valence-corrected chi connectivity index (χ3v) is 4.57. The molecule has 0 bridgehead atoms. The molecule has 0 saturated heterocycles. The molecule has 1 heterocycles. The van der Waals surface area contributed by atoms with E-state index < -0.39 is 5.54 Å². The molecular formula is C16H22N2O2. The zero-order valence-corrected chi connectivity index (χ0v) is 11.7. The van der Waals surface area contributed by atoms with Gasteiger partial charge in [-0.1, -0.05) is 19.3 Å². The number of nitrogens with one attached hydrogen (secondary N) is 2. The van der Waals surface area contributed by atoms with Crippen LogP contribution in [0.1, 0.15) is 48.0 Å². The van der Waals surface area contributed by atoms with Crippen molar-refractivity contribution >= 4 is 11.6 Å². The molecule has 20 heavy (non-hydrogen) atoms. The van der Waals surface area contributed by atoms with Crippen molar-refractivity contribution in [2.45, 2.75) is 44.1 Å². The minimum atomic E-state index is -0.410. The monoisotopic (exact) mass is 274 g/mol.